The lowest BCUT2D eigenvalue weighted by Crippen LogP contribution is -2.13. The van der Waals surface area contributed by atoms with Crippen LogP contribution >= 0.6 is 0 Å². The van der Waals surface area contributed by atoms with Crippen LogP contribution < -0.4 is 14.8 Å². The first-order valence-corrected chi connectivity index (χ1v) is 7.95. The summed E-state index contributed by atoms with van der Waals surface area (Å²) in [7, 11) is 1.41. The number of aliphatic carboxylic acids is 1. The van der Waals surface area contributed by atoms with E-state index < -0.39 is 18.5 Å². The number of carbonyl (C=O) groups excluding carboxylic acids is 1. The Morgan fingerprint density at radius 1 is 1.22 bits per heavy atom. The standard InChI is InChI=1S/C20H18N2O5/c1-13-4-3-5-16(8-13)22-20(25)15(11-21)9-14-6-7-17(18(10-14)26-2)27-12-19(23)24/h3-10H,12H2,1-2H3,(H,22,25)(H,23,24)/b15-9-. The summed E-state index contributed by atoms with van der Waals surface area (Å²) in [6.07, 6.45) is 1.41. The second-order valence-electron chi connectivity index (χ2n) is 5.59. The van der Waals surface area contributed by atoms with Crippen LogP contribution in [-0.2, 0) is 9.59 Å². The Morgan fingerprint density at radius 2 is 2.00 bits per heavy atom. The van der Waals surface area contributed by atoms with Crippen LogP contribution in [-0.4, -0.2) is 30.7 Å². The third-order valence-corrected chi connectivity index (χ3v) is 3.49. The quantitative estimate of drug-likeness (QED) is 0.576. The van der Waals surface area contributed by atoms with Gasteiger partial charge in [-0.3, -0.25) is 4.79 Å². The van der Waals surface area contributed by atoms with Crippen LogP contribution in [0.4, 0.5) is 5.69 Å². The molecule has 27 heavy (non-hydrogen) atoms. The Hall–Kier alpha value is -3.79. The van der Waals surface area contributed by atoms with E-state index in [-0.39, 0.29) is 11.3 Å². The molecule has 0 atom stereocenters. The van der Waals surface area contributed by atoms with Crippen LogP contribution in [0, 0.1) is 18.3 Å². The molecule has 7 heteroatoms. The summed E-state index contributed by atoms with van der Waals surface area (Å²) < 4.78 is 10.3. The third kappa shape index (κ3) is 5.61. The van der Waals surface area contributed by atoms with Crippen LogP contribution in [0.1, 0.15) is 11.1 Å². The van der Waals surface area contributed by atoms with E-state index in [2.05, 4.69) is 5.32 Å². The number of amides is 1. The average Bonchev–Trinajstić information content (AvgIpc) is 2.64. The molecule has 0 bridgehead atoms. The van der Waals surface area contributed by atoms with Gasteiger partial charge in [0.1, 0.15) is 11.6 Å². The minimum atomic E-state index is -1.11. The first-order chi connectivity index (χ1) is 12.9. The van der Waals surface area contributed by atoms with Crippen molar-refractivity contribution in [1.29, 1.82) is 5.26 Å². The van der Waals surface area contributed by atoms with Gasteiger partial charge >= 0.3 is 5.97 Å². The summed E-state index contributed by atoms with van der Waals surface area (Å²) >= 11 is 0. The number of carboxylic acids is 1. The van der Waals surface area contributed by atoms with Gasteiger partial charge in [0.25, 0.3) is 5.91 Å². The molecule has 0 spiro atoms. The summed E-state index contributed by atoms with van der Waals surface area (Å²) in [6.45, 7) is 1.39. The maximum absolute atomic E-state index is 12.3. The van der Waals surface area contributed by atoms with E-state index in [1.54, 1.807) is 30.3 Å². The Morgan fingerprint density at radius 3 is 2.63 bits per heavy atom. The molecule has 2 N–H and O–H groups in total. The van der Waals surface area contributed by atoms with Crippen molar-refractivity contribution < 1.29 is 24.2 Å². The second-order valence-corrected chi connectivity index (χ2v) is 5.59. The summed E-state index contributed by atoms with van der Waals surface area (Å²) in [5.41, 5.74) is 2.02. The van der Waals surface area contributed by atoms with Gasteiger partial charge in [-0.1, -0.05) is 18.2 Å². The monoisotopic (exact) mass is 366 g/mol. The number of ether oxygens (including phenoxy) is 2. The van der Waals surface area contributed by atoms with Crippen LogP contribution in [0.25, 0.3) is 6.08 Å². The predicted molar refractivity (Wildman–Crippen MR) is 99.5 cm³/mol. The molecular weight excluding hydrogens is 348 g/mol. The molecule has 2 aromatic carbocycles. The number of rotatable bonds is 7. The Labute approximate surface area is 156 Å². The zero-order valence-electron chi connectivity index (χ0n) is 14.9. The minimum absolute atomic E-state index is 0.0854. The fourth-order valence-corrected chi connectivity index (χ4v) is 2.27. The van der Waals surface area contributed by atoms with Crippen molar-refractivity contribution in [3.8, 4) is 17.6 Å². The molecule has 2 rings (SSSR count). The topological polar surface area (TPSA) is 109 Å². The number of nitriles is 1. The molecule has 0 aliphatic rings. The normalized spacial score (nSPS) is 10.6. The second kappa shape index (κ2) is 9.06. The average molecular weight is 366 g/mol. The zero-order valence-corrected chi connectivity index (χ0v) is 14.9. The zero-order chi connectivity index (χ0) is 19.8. The van der Waals surface area contributed by atoms with E-state index in [0.29, 0.717) is 17.0 Å². The predicted octanol–water partition coefficient (Wildman–Crippen LogP) is 3.01. The van der Waals surface area contributed by atoms with Gasteiger partial charge < -0.3 is 19.9 Å². The highest BCUT2D eigenvalue weighted by molar-refractivity contribution is 6.09. The fourth-order valence-electron chi connectivity index (χ4n) is 2.27. The molecular formula is C20H18N2O5. The van der Waals surface area contributed by atoms with Crippen LogP contribution in [0.15, 0.2) is 48.0 Å². The summed E-state index contributed by atoms with van der Waals surface area (Å²) in [5.74, 6) is -1.10. The lowest BCUT2D eigenvalue weighted by atomic mass is 10.1. The summed E-state index contributed by atoms with van der Waals surface area (Å²) in [5, 5.41) is 20.7. The largest absolute Gasteiger partial charge is 0.493 e. The number of methoxy groups -OCH3 is 1. The Kier molecular flexibility index (Phi) is 6.55. The summed E-state index contributed by atoms with van der Waals surface area (Å²) in [6, 6.07) is 13.8. The van der Waals surface area contributed by atoms with Gasteiger partial charge in [-0.15, -0.1) is 0 Å². The van der Waals surface area contributed by atoms with Gasteiger partial charge in [0.05, 0.1) is 7.11 Å². The summed E-state index contributed by atoms with van der Waals surface area (Å²) in [4.78, 5) is 22.9. The molecule has 7 nitrogen and oxygen atoms in total. The fraction of sp³-hybridized carbons (Fsp3) is 0.150. The highest BCUT2D eigenvalue weighted by Crippen LogP contribution is 2.29. The van der Waals surface area contributed by atoms with E-state index in [9.17, 15) is 14.9 Å². The number of hydrogen-bond acceptors (Lipinski definition) is 5. The SMILES string of the molecule is COc1cc(/C=C(/C#N)C(=O)Nc2cccc(C)c2)ccc1OCC(=O)O. The first kappa shape index (κ1) is 19.5. The van der Waals surface area contributed by atoms with Crippen molar-refractivity contribution in [2.75, 3.05) is 19.0 Å². The van der Waals surface area contributed by atoms with Crippen molar-refractivity contribution in [1.82, 2.24) is 0 Å². The lowest BCUT2D eigenvalue weighted by Gasteiger charge is -2.10. The maximum Gasteiger partial charge on any atom is 0.341 e. The number of carbonyl (C=O) groups is 2. The van der Waals surface area contributed by atoms with Gasteiger partial charge in [-0.2, -0.15) is 5.26 Å². The molecule has 0 fully saturated rings. The Balaban J connectivity index is 2.22. The third-order valence-electron chi connectivity index (χ3n) is 3.49. The van der Waals surface area contributed by atoms with E-state index in [1.807, 2.05) is 19.1 Å². The number of hydrogen-bond donors (Lipinski definition) is 2. The first-order valence-electron chi connectivity index (χ1n) is 7.95. The van der Waals surface area contributed by atoms with E-state index in [0.717, 1.165) is 5.56 Å². The maximum atomic E-state index is 12.3. The van der Waals surface area contributed by atoms with Gasteiger partial charge in [0.15, 0.2) is 18.1 Å². The van der Waals surface area contributed by atoms with Crippen LogP contribution in [0.3, 0.4) is 0 Å². The van der Waals surface area contributed by atoms with Crippen LogP contribution in [0.5, 0.6) is 11.5 Å². The van der Waals surface area contributed by atoms with Crippen molar-refractivity contribution in [3.05, 3.63) is 59.2 Å². The van der Waals surface area contributed by atoms with E-state index >= 15 is 0 Å². The van der Waals surface area contributed by atoms with Gasteiger partial charge in [-0.25, -0.2) is 4.79 Å². The molecule has 0 aromatic heterocycles. The van der Waals surface area contributed by atoms with Crippen molar-refractivity contribution in [3.63, 3.8) is 0 Å². The van der Waals surface area contributed by atoms with Crippen molar-refractivity contribution in [2.24, 2.45) is 0 Å². The van der Waals surface area contributed by atoms with Gasteiger partial charge in [0.2, 0.25) is 0 Å². The van der Waals surface area contributed by atoms with Crippen LogP contribution in [0.2, 0.25) is 0 Å². The molecule has 1 amide bonds. The number of carboxylic acid groups (broad SMARTS) is 1. The molecule has 0 unspecified atom stereocenters. The molecule has 0 aliphatic heterocycles. The molecule has 0 aliphatic carbocycles. The highest BCUT2D eigenvalue weighted by Gasteiger charge is 2.12. The molecule has 0 radical (unpaired) electrons. The number of nitrogens with one attached hydrogen (secondary N) is 1. The molecule has 0 saturated carbocycles. The van der Waals surface area contributed by atoms with E-state index in [1.165, 1.54) is 19.3 Å². The van der Waals surface area contributed by atoms with Crippen molar-refractivity contribution >= 4 is 23.6 Å². The Bertz CT molecular complexity index is 928. The minimum Gasteiger partial charge on any atom is -0.493 e. The van der Waals surface area contributed by atoms with Gasteiger partial charge in [0, 0.05) is 5.69 Å². The molecule has 138 valence electrons. The number of benzene rings is 2. The van der Waals surface area contributed by atoms with Crippen molar-refractivity contribution in [2.45, 2.75) is 6.92 Å². The molecule has 0 saturated heterocycles. The van der Waals surface area contributed by atoms with E-state index in [4.69, 9.17) is 14.6 Å². The molecule has 0 heterocycles. The highest BCUT2D eigenvalue weighted by atomic mass is 16.5. The smallest absolute Gasteiger partial charge is 0.341 e. The molecule has 2 aromatic rings. The number of aryl methyl sites for hydroxylation is 1. The lowest BCUT2D eigenvalue weighted by molar-refractivity contribution is -0.139. The number of anilines is 1. The number of nitrogens with zero attached hydrogens (tertiary/aromatic N) is 1. The van der Waals surface area contributed by atoms with Gasteiger partial charge in [-0.05, 0) is 48.4 Å².